The van der Waals surface area contributed by atoms with E-state index in [1.807, 2.05) is 39.0 Å². The summed E-state index contributed by atoms with van der Waals surface area (Å²) in [5.74, 6) is -1.63. The number of thioether (sulfide) groups is 1. The molecule has 3 unspecified atom stereocenters. The first-order valence-corrected chi connectivity index (χ1v) is 12.9. The summed E-state index contributed by atoms with van der Waals surface area (Å²) in [5.41, 5.74) is 2.65. The van der Waals surface area contributed by atoms with Crippen molar-refractivity contribution < 1.29 is 19.5 Å². The normalized spacial score (nSPS) is 32.8. The summed E-state index contributed by atoms with van der Waals surface area (Å²) in [7, 11) is 0. The lowest BCUT2D eigenvalue weighted by Crippen LogP contribution is -2.53. The summed E-state index contributed by atoms with van der Waals surface area (Å²) in [4.78, 5) is 41.9. The van der Waals surface area contributed by atoms with Crippen LogP contribution in [0, 0.1) is 25.7 Å². The van der Waals surface area contributed by atoms with Crippen LogP contribution in [0.15, 0.2) is 18.2 Å². The zero-order valence-corrected chi connectivity index (χ0v) is 21.0. The number of nitrogens with zero attached hydrogens (tertiary/aromatic N) is 1. The molecule has 0 saturated carbocycles. The number of aliphatic hydroxyl groups is 1. The molecule has 3 heterocycles. The van der Waals surface area contributed by atoms with Gasteiger partial charge in [-0.25, -0.2) is 0 Å². The number of para-hydroxylation sites is 1. The smallest absolute Gasteiger partial charge is 0.248 e. The van der Waals surface area contributed by atoms with Crippen LogP contribution < -0.4 is 10.6 Å². The Morgan fingerprint density at radius 1 is 1.28 bits per heavy atom. The second kappa shape index (κ2) is 8.99. The molecule has 0 aromatic heterocycles. The number of alkyl halides is 1. The van der Waals surface area contributed by atoms with E-state index in [0.29, 0.717) is 13.0 Å². The minimum atomic E-state index is -0.745. The average Bonchev–Trinajstić information content (AvgIpc) is 3.33. The third kappa shape index (κ3) is 3.56. The van der Waals surface area contributed by atoms with E-state index in [1.54, 1.807) is 11.8 Å². The lowest BCUT2D eigenvalue weighted by atomic mass is 9.70. The van der Waals surface area contributed by atoms with Crippen molar-refractivity contribution in [3.63, 3.8) is 0 Å². The Hall–Kier alpha value is -1.58. The third-order valence-electron chi connectivity index (χ3n) is 6.96. The first kappa shape index (κ1) is 23.6. The maximum Gasteiger partial charge on any atom is 0.248 e. The van der Waals surface area contributed by atoms with Crippen molar-refractivity contribution in [3.8, 4) is 0 Å². The summed E-state index contributed by atoms with van der Waals surface area (Å²) < 4.78 is -0.694. The Morgan fingerprint density at radius 3 is 2.59 bits per heavy atom. The summed E-state index contributed by atoms with van der Waals surface area (Å²) in [6, 6.07) is 5.07. The van der Waals surface area contributed by atoms with E-state index in [1.165, 1.54) is 4.90 Å². The number of halogens is 1. The van der Waals surface area contributed by atoms with Crippen molar-refractivity contribution in [2.75, 3.05) is 25.0 Å². The van der Waals surface area contributed by atoms with E-state index < -0.39 is 22.6 Å². The molecule has 3 aliphatic heterocycles. The Bertz CT molecular complexity index is 924. The Labute approximate surface area is 201 Å². The lowest BCUT2D eigenvalue weighted by Gasteiger charge is -2.35. The van der Waals surface area contributed by atoms with E-state index in [2.05, 4.69) is 26.6 Å². The highest BCUT2D eigenvalue weighted by Gasteiger charge is 2.75. The number of fused-ring (bicyclic) bond motifs is 1. The molecular weight excluding hydrogens is 494 g/mol. The number of amides is 3. The van der Waals surface area contributed by atoms with Crippen molar-refractivity contribution in [2.45, 2.75) is 54.5 Å². The molecule has 0 radical (unpaired) electrons. The number of benzene rings is 1. The molecule has 3 saturated heterocycles. The van der Waals surface area contributed by atoms with Gasteiger partial charge in [-0.1, -0.05) is 41.1 Å². The fourth-order valence-corrected chi connectivity index (χ4v) is 9.26. The van der Waals surface area contributed by atoms with Crippen molar-refractivity contribution in [3.05, 3.63) is 29.3 Å². The van der Waals surface area contributed by atoms with Crippen molar-refractivity contribution in [1.29, 1.82) is 0 Å². The Morgan fingerprint density at radius 2 is 1.97 bits per heavy atom. The number of hydrogen-bond donors (Lipinski definition) is 3. The van der Waals surface area contributed by atoms with Gasteiger partial charge in [0.05, 0.1) is 23.2 Å². The van der Waals surface area contributed by atoms with E-state index in [0.717, 1.165) is 23.2 Å². The van der Waals surface area contributed by atoms with Gasteiger partial charge in [-0.05, 0) is 37.8 Å². The summed E-state index contributed by atoms with van der Waals surface area (Å²) in [6.45, 7) is 6.26. The van der Waals surface area contributed by atoms with Crippen LogP contribution in [0.3, 0.4) is 0 Å². The fourth-order valence-electron chi connectivity index (χ4n) is 5.65. The molecule has 2 bridgehead atoms. The highest BCUT2D eigenvalue weighted by molar-refractivity contribution is 9.09. The highest BCUT2D eigenvalue weighted by atomic mass is 79.9. The van der Waals surface area contributed by atoms with Gasteiger partial charge in [0.2, 0.25) is 17.7 Å². The quantitative estimate of drug-likeness (QED) is 0.476. The predicted molar refractivity (Wildman–Crippen MR) is 129 cm³/mol. The van der Waals surface area contributed by atoms with Gasteiger partial charge >= 0.3 is 0 Å². The number of aliphatic hydroxyl groups excluding tert-OH is 1. The molecule has 3 amide bonds. The third-order valence-corrected chi connectivity index (χ3v) is 10.2. The van der Waals surface area contributed by atoms with Gasteiger partial charge in [0.25, 0.3) is 0 Å². The first-order valence-electron chi connectivity index (χ1n) is 11.1. The van der Waals surface area contributed by atoms with Crippen LogP contribution in [-0.2, 0) is 14.4 Å². The number of β-amino-alcohol motifs (C(OH)–C–C–N with tert-alkyl or cyclic N) is 1. The number of anilines is 1. The standard InChI is InChI=1S/C23H30BrN3O4S/c1-4-8-25-20(29)15-16-22(31)27(9-10-28)19(23(16)11-14(24)18(15)32-23)21(30)26-17-12(2)6-5-7-13(17)3/h5-7,14-16,18-19,28H,4,8-11H2,1-3H3,(H,25,29)(H,26,30)/t14?,15-,16+,18-,19?,23?/m1/s1. The SMILES string of the molecule is CCCNC(=O)[C@H]1[C@@H]2SC3(CC2Br)C(C(=O)Nc2c(C)cccc2C)N(CCO)C(=O)[C@H]13. The molecular formula is C23H30BrN3O4S. The fraction of sp³-hybridized carbons (Fsp3) is 0.609. The monoisotopic (exact) mass is 523 g/mol. The second-order valence-electron chi connectivity index (χ2n) is 8.97. The molecule has 6 atom stereocenters. The number of hydrogen-bond acceptors (Lipinski definition) is 5. The Kier molecular flexibility index (Phi) is 6.62. The highest BCUT2D eigenvalue weighted by Crippen LogP contribution is 2.67. The van der Waals surface area contributed by atoms with Crippen molar-refractivity contribution in [1.82, 2.24) is 10.2 Å². The van der Waals surface area contributed by atoms with Crippen LogP contribution in [0.4, 0.5) is 5.69 Å². The Balaban J connectivity index is 1.71. The number of carbonyl (C=O) groups is 3. The van der Waals surface area contributed by atoms with Crippen LogP contribution in [0.25, 0.3) is 0 Å². The maximum absolute atomic E-state index is 13.7. The number of likely N-dealkylation sites (tertiary alicyclic amines) is 1. The van der Waals surface area contributed by atoms with Crippen LogP contribution in [0.1, 0.15) is 30.9 Å². The van der Waals surface area contributed by atoms with Crippen molar-refractivity contribution >= 4 is 51.1 Å². The molecule has 1 aromatic rings. The zero-order valence-electron chi connectivity index (χ0n) is 18.6. The minimum Gasteiger partial charge on any atom is -0.395 e. The van der Waals surface area contributed by atoms with E-state index >= 15 is 0 Å². The largest absolute Gasteiger partial charge is 0.395 e. The van der Waals surface area contributed by atoms with Gasteiger partial charge in [0.15, 0.2) is 0 Å². The molecule has 174 valence electrons. The second-order valence-corrected chi connectivity index (χ2v) is 11.7. The average molecular weight is 524 g/mol. The number of carbonyl (C=O) groups excluding carboxylic acids is 3. The minimum absolute atomic E-state index is 0.0403. The molecule has 0 aliphatic carbocycles. The summed E-state index contributed by atoms with van der Waals surface area (Å²) in [5, 5.41) is 15.6. The van der Waals surface area contributed by atoms with Gasteiger partial charge < -0.3 is 20.6 Å². The number of nitrogens with one attached hydrogen (secondary N) is 2. The molecule has 3 aliphatic rings. The van der Waals surface area contributed by atoms with Crippen LogP contribution in [0.5, 0.6) is 0 Å². The number of aryl methyl sites for hydroxylation is 2. The molecule has 3 N–H and O–H groups in total. The van der Waals surface area contributed by atoms with Gasteiger partial charge in [-0.15, -0.1) is 11.8 Å². The van der Waals surface area contributed by atoms with E-state index in [9.17, 15) is 19.5 Å². The number of rotatable bonds is 7. The van der Waals surface area contributed by atoms with Crippen LogP contribution >= 0.6 is 27.7 Å². The lowest BCUT2D eigenvalue weighted by molar-refractivity contribution is -0.139. The molecule has 3 fully saturated rings. The van der Waals surface area contributed by atoms with Gasteiger partial charge in [-0.2, -0.15) is 0 Å². The first-order chi connectivity index (χ1) is 15.3. The van der Waals surface area contributed by atoms with Gasteiger partial charge in [0, 0.05) is 28.9 Å². The summed E-state index contributed by atoms with van der Waals surface area (Å²) in [6.07, 6.45) is 1.44. The van der Waals surface area contributed by atoms with Crippen LogP contribution in [0.2, 0.25) is 0 Å². The van der Waals surface area contributed by atoms with Crippen LogP contribution in [-0.4, -0.2) is 68.3 Å². The molecule has 9 heteroatoms. The van der Waals surface area contributed by atoms with E-state index in [4.69, 9.17) is 0 Å². The molecule has 1 spiro atoms. The van der Waals surface area contributed by atoms with Gasteiger partial charge in [-0.3, -0.25) is 14.4 Å². The zero-order chi connectivity index (χ0) is 23.2. The maximum atomic E-state index is 13.7. The summed E-state index contributed by atoms with van der Waals surface area (Å²) >= 11 is 5.34. The molecule has 4 rings (SSSR count). The topological polar surface area (TPSA) is 98.7 Å². The molecule has 7 nitrogen and oxygen atoms in total. The molecule has 32 heavy (non-hydrogen) atoms. The predicted octanol–water partition coefficient (Wildman–Crippen LogP) is 2.23. The molecule has 1 aromatic carbocycles. The van der Waals surface area contributed by atoms with E-state index in [-0.39, 0.29) is 41.0 Å². The van der Waals surface area contributed by atoms with Crippen molar-refractivity contribution in [2.24, 2.45) is 11.8 Å². The van der Waals surface area contributed by atoms with Gasteiger partial charge in [0.1, 0.15) is 6.04 Å².